The minimum Gasteiger partial charge on any atom is -0.334 e. The second-order valence-electron chi connectivity index (χ2n) is 3.24. The molecule has 0 spiro atoms. The zero-order chi connectivity index (χ0) is 10.6. The third-order valence-electron chi connectivity index (χ3n) is 2.20. The number of nitrogens with zero attached hydrogens (tertiary/aromatic N) is 2. The summed E-state index contributed by atoms with van der Waals surface area (Å²) < 4.78 is 1.24. The van der Waals surface area contributed by atoms with Gasteiger partial charge in [-0.15, -0.1) is 0 Å². The van der Waals surface area contributed by atoms with E-state index in [0.717, 1.165) is 6.42 Å². The second kappa shape index (κ2) is 4.76. The molecule has 78 valence electrons. The molecule has 1 aromatic rings. The summed E-state index contributed by atoms with van der Waals surface area (Å²) in [4.78, 5) is 20.1. The molecule has 2 atom stereocenters. The fourth-order valence-electron chi connectivity index (χ4n) is 0.952. The molecule has 5 nitrogen and oxygen atoms in total. The van der Waals surface area contributed by atoms with Gasteiger partial charge in [0.25, 0.3) is 0 Å². The topological polar surface area (TPSA) is 70.1 Å². The van der Waals surface area contributed by atoms with Gasteiger partial charge < -0.3 is 10.6 Å². The van der Waals surface area contributed by atoms with Crippen LogP contribution in [0.5, 0.6) is 0 Å². The molecule has 1 rings (SSSR count). The Hall–Kier alpha value is -1.36. The van der Waals surface area contributed by atoms with E-state index < -0.39 is 12.0 Å². The van der Waals surface area contributed by atoms with E-state index in [4.69, 9.17) is 10.6 Å². The molecule has 14 heavy (non-hydrogen) atoms. The number of nitrogens with two attached hydrogens (primary N) is 1. The van der Waals surface area contributed by atoms with Gasteiger partial charge in [0.2, 0.25) is 0 Å². The number of aromatic nitrogens is 2. The van der Waals surface area contributed by atoms with Crippen LogP contribution in [-0.2, 0) is 4.79 Å². The van der Waals surface area contributed by atoms with E-state index in [2.05, 4.69) is 4.98 Å². The maximum Gasteiger partial charge on any atom is 0.349 e. The summed E-state index contributed by atoms with van der Waals surface area (Å²) in [6.45, 7) is 3.90. The SMILES string of the molecule is CC[C@H](C)[C@H](N)C(=O)On1ccnc1. The maximum atomic E-state index is 11.4. The highest BCUT2D eigenvalue weighted by atomic mass is 16.7. The molecule has 1 heterocycles. The lowest BCUT2D eigenvalue weighted by atomic mass is 10.0. The minimum absolute atomic E-state index is 0.117. The lowest BCUT2D eigenvalue weighted by Gasteiger charge is -2.16. The monoisotopic (exact) mass is 197 g/mol. The standard InChI is InChI=1S/C9H15N3O2/c1-3-7(2)8(10)9(13)14-12-5-4-11-6-12/h4-8H,3,10H2,1-2H3/t7-,8-/m0/s1. The van der Waals surface area contributed by atoms with Gasteiger partial charge in [0, 0.05) is 6.20 Å². The van der Waals surface area contributed by atoms with Crippen molar-refractivity contribution in [3.8, 4) is 0 Å². The largest absolute Gasteiger partial charge is 0.349 e. The van der Waals surface area contributed by atoms with Crippen molar-refractivity contribution in [2.24, 2.45) is 11.7 Å². The molecule has 0 aliphatic heterocycles. The fourth-order valence-corrected chi connectivity index (χ4v) is 0.952. The summed E-state index contributed by atoms with van der Waals surface area (Å²) in [6, 6.07) is -0.581. The quantitative estimate of drug-likeness (QED) is 0.749. The van der Waals surface area contributed by atoms with E-state index in [1.54, 1.807) is 6.20 Å². The van der Waals surface area contributed by atoms with Crippen LogP contribution < -0.4 is 10.6 Å². The van der Waals surface area contributed by atoms with E-state index in [0.29, 0.717) is 0 Å². The van der Waals surface area contributed by atoms with Gasteiger partial charge in [-0.25, -0.2) is 9.78 Å². The fraction of sp³-hybridized carbons (Fsp3) is 0.556. The average Bonchev–Trinajstić information content (AvgIpc) is 2.68. The van der Waals surface area contributed by atoms with Crippen molar-refractivity contribution < 1.29 is 9.63 Å². The molecule has 0 unspecified atom stereocenters. The normalized spacial score (nSPS) is 14.8. The summed E-state index contributed by atoms with van der Waals surface area (Å²) in [7, 11) is 0. The van der Waals surface area contributed by atoms with Gasteiger partial charge in [-0.05, 0) is 5.92 Å². The van der Waals surface area contributed by atoms with E-state index in [1.807, 2.05) is 13.8 Å². The Balaban J connectivity index is 2.50. The number of rotatable bonds is 4. The van der Waals surface area contributed by atoms with Crippen LogP contribution in [-0.4, -0.2) is 21.7 Å². The first-order valence-electron chi connectivity index (χ1n) is 4.60. The van der Waals surface area contributed by atoms with Gasteiger partial charge >= 0.3 is 5.97 Å². The number of carbonyl (C=O) groups excluding carboxylic acids is 1. The smallest absolute Gasteiger partial charge is 0.334 e. The first-order chi connectivity index (χ1) is 6.65. The van der Waals surface area contributed by atoms with Gasteiger partial charge in [0.1, 0.15) is 12.4 Å². The molecule has 2 N–H and O–H groups in total. The van der Waals surface area contributed by atoms with Gasteiger partial charge in [-0.1, -0.05) is 20.3 Å². The molecule has 0 saturated heterocycles. The first-order valence-corrected chi connectivity index (χ1v) is 4.60. The van der Waals surface area contributed by atoms with E-state index in [-0.39, 0.29) is 5.92 Å². The van der Waals surface area contributed by atoms with Gasteiger partial charge in [0.05, 0.1) is 6.20 Å². The number of hydrogen-bond donors (Lipinski definition) is 1. The zero-order valence-corrected chi connectivity index (χ0v) is 8.38. The summed E-state index contributed by atoms with van der Waals surface area (Å²) >= 11 is 0. The Morgan fingerprint density at radius 1 is 1.71 bits per heavy atom. The lowest BCUT2D eigenvalue weighted by molar-refractivity contribution is -0.147. The molecule has 0 fully saturated rings. The summed E-state index contributed by atoms with van der Waals surface area (Å²) in [5.74, 6) is -0.316. The molecule has 0 saturated carbocycles. The van der Waals surface area contributed by atoms with Gasteiger partial charge in [-0.2, -0.15) is 4.73 Å². The Morgan fingerprint density at radius 2 is 2.43 bits per heavy atom. The van der Waals surface area contributed by atoms with E-state index in [9.17, 15) is 4.79 Å². The molecular weight excluding hydrogens is 182 g/mol. The Labute approximate surface area is 82.8 Å². The molecule has 0 amide bonds. The third-order valence-corrected chi connectivity index (χ3v) is 2.20. The van der Waals surface area contributed by atoms with Crippen molar-refractivity contribution in [3.63, 3.8) is 0 Å². The Bertz CT molecular complexity index is 284. The second-order valence-corrected chi connectivity index (χ2v) is 3.24. The Morgan fingerprint density at radius 3 is 2.93 bits per heavy atom. The number of imidazole rings is 1. The van der Waals surface area contributed by atoms with Crippen LogP contribution in [0.1, 0.15) is 20.3 Å². The van der Waals surface area contributed by atoms with Crippen LogP contribution in [0.25, 0.3) is 0 Å². The van der Waals surface area contributed by atoms with Crippen molar-refractivity contribution in [1.82, 2.24) is 9.71 Å². The highest BCUT2D eigenvalue weighted by Crippen LogP contribution is 2.05. The number of carbonyl (C=O) groups is 1. The first kappa shape index (κ1) is 10.7. The summed E-state index contributed by atoms with van der Waals surface area (Å²) in [6.07, 6.45) is 5.32. The number of hydrogen-bond acceptors (Lipinski definition) is 4. The highest BCUT2D eigenvalue weighted by molar-refractivity contribution is 5.76. The van der Waals surface area contributed by atoms with Crippen LogP contribution >= 0.6 is 0 Å². The molecular formula is C9H15N3O2. The van der Waals surface area contributed by atoms with Gasteiger partial charge in [0.15, 0.2) is 0 Å². The van der Waals surface area contributed by atoms with Crippen LogP contribution in [0.15, 0.2) is 18.7 Å². The van der Waals surface area contributed by atoms with Crippen molar-refractivity contribution >= 4 is 5.97 Å². The summed E-state index contributed by atoms with van der Waals surface area (Å²) in [5.41, 5.74) is 5.68. The predicted octanol–water partition coefficient (Wildman–Crippen LogP) is 0.212. The predicted molar refractivity (Wildman–Crippen MR) is 51.2 cm³/mol. The lowest BCUT2D eigenvalue weighted by Crippen LogP contribution is -2.41. The van der Waals surface area contributed by atoms with Crippen LogP contribution in [0.4, 0.5) is 0 Å². The third kappa shape index (κ3) is 2.56. The van der Waals surface area contributed by atoms with Gasteiger partial charge in [-0.3, -0.25) is 0 Å². The van der Waals surface area contributed by atoms with Crippen LogP contribution in [0.2, 0.25) is 0 Å². The van der Waals surface area contributed by atoms with Crippen LogP contribution in [0.3, 0.4) is 0 Å². The van der Waals surface area contributed by atoms with Crippen LogP contribution in [0, 0.1) is 5.92 Å². The van der Waals surface area contributed by atoms with Crippen molar-refractivity contribution in [2.45, 2.75) is 26.3 Å². The molecule has 0 aromatic carbocycles. The van der Waals surface area contributed by atoms with Crippen molar-refractivity contribution in [2.75, 3.05) is 0 Å². The molecule has 0 aliphatic rings. The van der Waals surface area contributed by atoms with E-state index in [1.165, 1.54) is 17.3 Å². The average molecular weight is 197 g/mol. The molecule has 0 aliphatic carbocycles. The zero-order valence-electron chi connectivity index (χ0n) is 8.38. The molecule has 1 aromatic heterocycles. The molecule has 0 radical (unpaired) electrons. The van der Waals surface area contributed by atoms with Crippen molar-refractivity contribution in [3.05, 3.63) is 18.7 Å². The Kier molecular flexibility index (Phi) is 3.64. The summed E-state index contributed by atoms with van der Waals surface area (Å²) in [5, 5.41) is 0. The highest BCUT2D eigenvalue weighted by Gasteiger charge is 2.21. The van der Waals surface area contributed by atoms with Crippen molar-refractivity contribution in [1.29, 1.82) is 0 Å². The molecule has 0 bridgehead atoms. The molecule has 5 heteroatoms. The van der Waals surface area contributed by atoms with E-state index >= 15 is 0 Å². The maximum absolute atomic E-state index is 11.4. The minimum atomic E-state index is -0.581.